The van der Waals surface area contributed by atoms with Gasteiger partial charge in [0.15, 0.2) is 5.82 Å². The number of carbonyl (C=O) groups excluding carboxylic acids is 1. The van der Waals surface area contributed by atoms with E-state index in [1.807, 2.05) is 73.3 Å². The van der Waals surface area contributed by atoms with Crippen molar-refractivity contribution in [2.45, 2.75) is 26.7 Å². The molecule has 8 heteroatoms. The van der Waals surface area contributed by atoms with E-state index in [1.165, 1.54) is 0 Å². The standard InChI is InChI=1S/C31H30N4O4/c1-4-35-29-25(31(38)34(3)26-6-5-14-32-30(26)35)17-22(19-33-29)13-15-39-27-12-11-24(16-20(27)2)23-9-7-21(8-10-23)18-28(36)37/h5-12,14,16-17,19H,4,13,15,18H2,1-3H3,(H,36,37). The normalized spacial score (nSPS) is 12.5. The molecule has 8 nitrogen and oxygen atoms in total. The number of carboxylic acid groups (broad SMARTS) is 1. The lowest BCUT2D eigenvalue weighted by Crippen LogP contribution is -2.25. The zero-order chi connectivity index (χ0) is 27.5. The van der Waals surface area contributed by atoms with Gasteiger partial charge in [-0.3, -0.25) is 9.59 Å². The van der Waals surface area contributed by atoms with Crippen LogP contribution in [0.15, 0.2) is 73.1 Å². The summed E-state index contributed by atoms with van der Waals surface area (Å²) in [6, 6.07) is 19.2. The van der Waals surface area contributed by atoms with E-state index in [9.17, 15) is 9.59 Å². The summed E-state index contributed by atoms with van der Waals surface area (Å²) in [5, 5.41) is 8.97. The predicted octanol–water partition coefficient (Wildman–Crippen LogP) is 5.45. The first-order valence-electron chi connectivity index (χ1n) is 12.9. The largest absolute Gasteiger partial charge is 0.493 e. The summed E-state index contributed by atoms with van der Waals surface area (Å²) in [6.45, 7) is 5.09. The fourth-order valence-corrected chi connectivity index (χ4v) is 4.82. The van der Waals surface area contributed by atoms with Gasteiger partial charge in [-0.2, -0.15) is 0 Å². The van der Waals surface area contributed by atoms with E-state index in [2.05, 4.69) is 16.0 Å². The lowest BCUT2D eigenvalue weighted by molar-refractivity contribution is -0.136. The van der Waals surface area contributed by atoms with Gasteiger partial charge in [0, 0.05) is 32.4 Å². The third-order valence-electron chi connectivity index (χ3n) is 6.88. The predicted molar refractivity (Wildman–Crippen MR) is 151 cm³/mol. The molecule has 1 amide bonds. The number of fused-ring (bicyclic) bond motifs is 2. The number of carbonyl (C=O) groups is 2. The highest BCUT2D eigenvalue weighted by Gasteiger charge is 2.30. The zero-order valence-electron chi connectivity index (χ0n) is 22.2. The maximum atomic E-state index is 13.3. The van der Waals surface area contributed by atoms with E-state index in [0.717, 1.165) is 39.3 Å². The third-order valence-corrected chi connectivity index (χ3v) is 6.88. The Morgan fingerprint density at radius 1 is 0.974 bits per heavy atom. The summed E-state index contributed by atoms with van der Waals surface area (Å²) in [5.41, 5.74) is 6.04. The number of aromatic nitrogens is 2. The second-order valence-corrected chi connectivity index (χ2v) is 9.52. The third kappa shape index (κ3) is 5.31. The first kappa shape index (κ1) is 25.9. The summed E-state index contributed by atoms with van der Waals surface area (Å²) >= 11 is 0. The van der Waals surface area contributed by atoms with Gasteiger partial charge in [-0.25, -0.2) is 9.97 Å². The van der Waals surface area contributed by atoms with Crippen molar-refractivity contribution >= 4 is 29.2 Å². The molecule has 0 saturated carbocycles. The Labute approximate surface area is 227 Å². The number of nitrogens with zero attached hydrogens (tertiary/aromatic N) is 4. The van der Waals surface area contributed by atoms with Crippen LogP contribution in [0.2, 0.25) is 0 Å². The summed E-state index contributed by atoms with van der Waals surface area (Å²) in [4.78, 5) is 37.1. The molecule has 0 saturated heterocycles. The van der Waals surface area contributed by atoms with Crippen molar-refractivity contribution in [2.24, 2.45) is 0 Å². The molecule has 39 heavy (non-hydrogen) atoms. The fraction of sp³-hybridized carbons (Fsp3) is 0.226. The number of hydrogen-bond acceptors (Lipinski definition) is 6. The smallest absolute Gasteiger partial charge is 0.307 e. The average Bonchev–Trinajstić information content (AvgIpc) is 3.02. The Kier molecular flexibility index (Phi) is 7.27. The molecular formula is C31H30N4O4. The number of amides is 1. The van der Waals surface area contributed by atoms with E-state index >= 15 is 0 Å². The van der Waals surface area contributed by atoms with Gasteiger partial charge in [0.2, 0.25) is 0 Å². The highest BCUT2D eigenvalue weighted by atomic mass is 16.5. The molecule has 0 bridgehead atoms. The molecule has 198 valence electrons. The number of rotatable bonds is 8. The van der Waals surface area contributed by atoms with Crippen LogP contribution in [0.5, 0.6) is 5.75 Å². The fourth-order valence-electron chi connectivity index (χ4n) is 4.82. The minimum absolute atomic E-state index is 0.0123. The van der Waals surface area contributed by atoms with Gasteiger partial charge in [0.05, 0.1) is 24.3 Å². The summed E-state index contributed by atoms with van der Waals surface area (Å²) in [6.07, 6.45) is 4.14. The number of aryl methyl sites for hydroxylation is 1. The number of ether oxygens (including phenoxy) is 1. The minimum atomic E-state index is -0.841. The van der Waals surface area contributed by atoms with Gasteiger partial charge in [-0.1, -0.05) is 30.3 Å². The van der Waals surface area contributed by atoms with E-state index in [1.54, 1.807) is 24.3 Å². The van der Waals surface area contributed by atoms with Crippen LogP contribution in [0.25, 0.3) is 11.1 Å². The maximum Gasteiger partial charge on any atom is 0.307 e. The molecule has 2 aromatic heterocycles. The highest BCUT2D eigenvalue weighted by Crippen LogP contribution is 2.37. The lowest BCUT2D eigenvalue weighted by atomic mass is 10.0. The van der Waals surface area contributed by atoms with E-state index in [4.69, 9.17) is 9.84 Å². The van der Waals surface area contributed by atoms with Crippen LogP contribution in [0, 0.1) is 6.92 Å². The molecule has 2 aromatic carbocycles. The number of aliphatic carboxylic acids is 1. The SMILES string of the molecule is CCN1c2ncc(CCOc3ccc(-c4ccc(CC(=O)O)cc4)cc3C)cc2C(=O)N(C)c2cccnc21. The van der Waals surface area contributed by atoms with E-state index < -0.39 is 5.97 Å². The highest BCUT2D eigenvalue weighted by molar-refractivity contribution is 6.12. The summed E-state index contributed by atoms with van der Waals surface area (Å²) in [7, 11) is 1.76. The number of anilines is 3. The van der Waals surface area contributed by atoms with Gasteiger partial charge >= 0.3 is 5.97 Å². The molecule has 5 rings (SSSR count). The topological polar surface area (TPSA) is 95.9 Å². The molecule has 0 aliphatic carbocycles. The second kappa shape index (κ2) is 10.9. The Balaban J connectivity index is 1.28. The molecule has 3 heterocycles. The lowest BCUT2D eigenvalue weighted by Gasteiger charge is -2.22. The molecular weight excluding hydrogens is 492 g/mol. The van der Waals surface area contributed by atoms with Gasteiger partial charge in [-0.15, -0.1) is 0 Å². The van der Waals surface area contributed by atoms with Crippen molar-refractivity contribution in [3.05, 3.63) is 95.3 Å². The van der Waals surface area contributed by atoms with Gasteiger partial charge < -0.3 is 19.6 Å². The van der Waals surface area contributed by atoms with Crippen molar-refractivity contribution in [3.63, 3.8) is 0 Å². The van der Waals surface area contributed by atoms with Crippen LogP contribution < -0.4 is 14.5 Å². The minimum Gasteiger partial charge on any atom is -0.493 e. The van der Waals surface area contributed by atoms with Crippen LogP contribution in [-0.4, -0.2) is 47.2 Å². The zero-order valence-corrected chi connectivity index (χ0v) is 22.2. The second-order valence-electron chi connectivity index (χ2n) is 9.52. The molecule has 0 unspecified atom stereocenters. The van der Waals surface area contributed by atoms with Crippen molar-refractivity contribution in [3.8, 4) is 16.9 Å². The molecule has 1 N–H and O–H groups in total. The Bertz CT molecular complexity index is 1530. The molecule has 0 spiro atoms. The van der Waals surface area contributed by atoms with Crippen LogP contribution in [0.1, 0.15) is 34.0 Å². The molecule has 4 aromatic rings. The Morgan fingerprint density at radius 2 is 1.74 bits per heavy atom. The van der Waals surface area contributed by atoms with Crippen molar-refractivity contribution < 1.29 is 19.4 Å². The van der Waals surface area contributed by atoms with Crippen molar-refractivity contribution in [1.82, 2.24) is 9.97 Å². The van der Waals surface area contributed by atoms with Crippen LogP contribution in [0.4, 0.5) is 17.3 Å². The van der Waals surface area contributed by atoms with E-state index in [-0.39, 0.29) is 12.3 Å². The molecule has 0 fully saturated rings. The molecule has 0 atom stereocenters. The van der Waals surface area contributed by atoms with Crippen molar-refractivity contribution in [2.75, 3.05) is 30.0 Å². The Hall–Kier alpha value is -4.72. The first-order chi connectivity index (χ1) is 18.9. The summed E-state index contributed by atoms with van der Waals surface area (Å²) in [5.74, 6) is 1.16. The monoisotopic (exact) mass is 522 g/mol. The van der Waals surface area contributed by atoms with Crippen LogP contribution in [-0.2, 0) is 17.6 Å². The van der Waals surface area contributed by atoms with Crippen LogP contribution >= 0.6 is 0 Å². The van der Waals surface area contributed by atoms with Gasteiger partial charge in [0.1, 0.15) is 11.6 Å². The average molecular weight is 523 g/mol. The van der Waals surface area contributed by atoms with Gasteiger partial charge in [-0.05, 0) is 72.0 Å². The quantitative estimate of drug-likeness (QED) is 0.329. The van der Waals surface area contributed by atoms with Crippen molar-refractivity contribution in [1.29, 1.82) is 0 Å². The Morgan fingerprint density at radius 3 is 2.46 bits per heavy atom. The molecule has 0 radical (unpaired) electrons. The van der Waals surface area contributed by atoms with Crippen LogP contribution in [0.3, 0.4) is 0 Å². The number of hydrogen-bond donors (Lipinski definition) is 1. The van der Waals surface area contributed by atoms with E-state index in [0.29, 0.717) is 36.8 Å². The maximum absolute atomic E-state index is 13.3. The first-order valence-corrected chi connectivity index (χ1v) is 12.9. The number of pyridine rings is 2. The number of benzene rings is 2. The molecule has 1 aliphatic heterocycles. The number of carboxylic acids is 1. The molecule has 1 aliphatic rings. The van der Waals surface area contributed by atoms with Gasteiger partial charge in [0.25, 0.3) is 5.91 Å². The summed E-state index contributed by atoms with van der Waals surface area (Å²) < 4.78 is 6.10.